The lowest BCUT2D eigenvalue weighted by molar-refractivity contribution is -0.0592. The lowest BCUT2D eigenvalue weighted by Crippen LogP contribution is -2.40. The standard InChI is InChI=1S/C33H33ClFN3O5/c1-19-13-20(24-3-2-4-29-32(24)43-30(18-42-29)25-7-6-22(34)15-26(25)35)9-11-37(19)17-31-36-27-8-5-21(33(39)40)14-28(27)38(31)16-23-10-12-41-23/h2-8,14-15,19-20,23,30H,9-13,16-18H2,1H3,(H,39,40)/t19?,20?,23-,30?/m0/s1. The summed E-state index contributed by atoms with van der Waals surface area (Å²) in [5, 5.41) is 9.91. The Balaban J connectivity index is 1.10. The Kier molecular flexibility index (Phi) is 7.49. The number of aromatic nitrogens is 2. The number of aromatic carboxylic acids is 1. The quantitative estimate of drug-likeness (QED) is 0.254. The molecule has 8 nitrogen and oxygen atoms in total. The molecule has 1 aromatic heterocycles. The molecule has 10 heteroatoms. The molecule has 224 valence electrons. The minimum absolute atomic E-state index is 0.115. The van der Waals surface area contributed by atoms with Crippen LogP contribution in [-0.2, 0) is 17.8 Å². The van der Waals surface area contributed by atoms with Crippen LogP contribution in [0.15, 0.2) is 54.6 Å². The summed E-state index contributed by atoms with van der Waals surface area (Å²) >= 11 is 5.97. The molecule has 2 saturated heterocycles. The van der Waals surface area contributed by atoms with Gasteiger partial charge in [-0.2, -0.15) is 0 Å². The number of fused-ring (bicyclic) bond motifs is 2. The Morgan fingerprint density at radius 2 is 2.00 bits per heavy atom. The summed E-state index contributed by atoms with van der Waals surface area (Å²) in [5.74, 6) is 1.19. The van der Waals surface area contributed by atoms with Gasteiger partial charge < -0.3 is 23.9 Å². The number of ether oxygens (including phenoxy) is 3. The van der Waals surface area contributed by atoms with Crippen molar-refractivity contribution in [3.63, 3.8) is 0 Å². The van der Waals surface area contributed by atoms with E-state index in [9.17, 15) is 14.3 Å². The van der Waals surface area contributed by atoms with Gasteiger partial charge in [-0.3, -0.25) is 4.90 Å². The van der Waals surface area contributed by atoms with Crippen LogP contribution in [0.1, 0.15) is 65.5 Å². The van der Waals surface area contributed by atoms with Gasteiger partial charge in [0.2, 0.25) is 0 Å². The smallest absolute Gasteiger partial charge is 0.335 e. The molecule has 0 amide bonds. The lowest BCUT2D eigenvalue weighted by Gasteiger charge is -2.39. The second-order valence-electron chi connectivity index (χ2n) is 11.7. The van der Waals surface area contributed by atoms with E-state index in [1.54, 1.807) is 30.3 Å². The number of carbonyl (C=O) groups is 1. The number of imidazole rings is 1. The van der Waals surface area contributed by atoms with Crippen LogP contribution < -0.4 is 9.47 Å². The highest BCUT2D eigenvalue weighted by atomic mass is 35.5. The van der Waals surface area contributed by atoms with Crippen molar-refractivity contribution >= 4 is 28.6 Å². The summed E-state index contributed by atoms with van der Waals surface area (Å²) in [5.41, 5.74) is 3.38. The van der Waals surface area contributed by atoms with Crippen LogP contribution >= 0.6 is 11.6 Å². The number of benzene rings is 3. The molecule has 4 aromatic rings. The van der Waals surface area contributed by atoms with Crippen molar-refractivity contribution in [2.75, 3.05) is 19.8 Å². The van der Waals surface area contributed by atoms with Gasteiger partial charge in [-0.05, 0) is 75.0 Å². The number of likely N-dealkylation sites (tertiary alicyclic amines) is 1. The number of nitrogens with zero attached hydrogens (tertiary/aromatic N) is 3. The number of rotatable bonds is 7. The lowest BCUT2D eigenvalue weighted by atomic mass is 9.85. The van der Waals surface area contributed by atoms with Crippen molar-refractivity contribution in [1.82, 2.24) is 14.5 Å². The van der Waals surface area contributed by atoms with Crippen LogP contribution in [0, 0.1) is 5.82 Å². The van der Waals surface area contributed by atoms with Crippen LogP contribution in [0.3, 0.4) is 0 Å². The van der Waals surface area contributed by atoms with E-state index in [-0.39, 0.29) is 30.2 Å². The average Bonchev–Trinajstić information content (AvgIpc) is 3.31. The van der Waals surface area contributed by atoms with Crippen LogP contribution in [0.5, 0.6) is 11.5 Å². The molecule has 3 aliphatic heterocycles. The van der Waals surface area contributed by atoms with E-state index in [0.29, 0.717) is 35.2 Å². The summed E-state index contributed by atoms with van der Waals surface area (Å²) < 4.78 is 35.1. The Labute approximate surface area is 253 Å². The van der Waals surface area contributed by atoms with Crippen LogP contribution in [0.2, 0.25) is 5.02 Å². The minimum Gasteiger partial charge on any atom is -0.485 e. The SMILES string of the molecule is CC1CC(c2cccc3c2OC(c2ccc(Cl)cc2F)CO3)CCN1Cc1nc2ccc(C(=O)O)cc2n1C[C@@H]1CCO1. The Hall–Kier alpha value is -3.66. The molecule has 4 heterocycles. The largest absolute Gasteiger partial charge is 0.485 e. The molecule has 0 saturated carbocycles. The molecule has 3 aliphatic rings. The van der Waals surface area contributed by atoms with Gasteiger partial charge in [0.1, 0.15) is 18.2 Å². The Bertz CT molecular complexity index is 1690. The maximum absolute atomic E-state index is 14.7. The highest BCUT2D eigenvalue weighted by Crippen LogP contribution is 2.45. The molecule has 2 fully saturated rings. The Morgan fingerprint density at radius 1 is 1.14 bits per heavy atom. The summed E-state index contributed by atoms with van der Waals surface area (Å²) in [6.45, 7) is 5.38. The number of halogens is 2. The van der Waals surface area contributed by atoms with Gasteiger partial charge in [-0.25, -0.2) is 14.2 Å². The highest BCUT2D eigenvalue weighted by Gasteiger charge is 2.34. The van der Waals surface area contributed by atoms with E-state index in [0.717, 1.165) is 54.8 Å². The van der Waals surface area contributed by atoms with Crippen molar-refractivity contribution in [1.29, 1.82) is 0 Å². The van der Waals surface area contributed by atoms with Gasteiger partial charge in [0, 0.05) is 28.8 Å². The van der Waals surface area contributed by atoms with Crippen LogP contribution in [-0.4, -0.2) is 57.4 Å². The maximum atomic E-state index is 14.7. The summed E-state index contributed by atoms with van der Waals surface area (Å²) in [6, 6.07) is 16.0. The summed E-state index contributed by atoms with van der Waals surface area (Å²) in [6.07, 6.45) is 2.37. The molecule has 0 spiro atoms. The second-order valence-corrected chi connectivity index (χ2v) is 12.2. The third kappa shape index (κ3) is 5.46. The van der Waals surface area contributed by atoms with Crippen LogP contribution in [0.25, 0.3) is 11.0 Å². The molecule has 3 aromatic carbocycles. The number of piperidine rings is 1. The monoisotopic (exact) mass is 605 g/mol. The second kappa shape index (κ2) is 11.4. The number of hydrogen-bond donors (Lipinski definition) is 1. The zero-order valence-corrected chi connectivity index (χ0v) is 24.6. The zero-order chi connectivity index (χ0) is 29.7. The van der Waals surface area contributed by atoms with Gasteiger partial charge in [-0.15, -0.1) is 0 Å². The van der Waals surface area contributed by atoms with E-state index >= 15 is 0 Å². The first-order valence-electron chi connectivity index (χ1n) is 14.8. The molecule has 4 atom stereocenters. The fourth-order valence-electron chi connectivity index (χ4n) is 6.53. The van der Waals surface area contributed by atoms with Crippen molar-refractivity contribution in [2.24, 2.45) is 0 Å². The van der Waals surface area contributed by atoms with E-state index in [1.165, 1.54) is 6.07 Å². The third-order valence-electron chi connectivity index (χ3n) is 9.02. The van der Waals surface area contributed by atoms with Crippen molar-refractivity contribution in [2.45, 2.75) is 63.4 Å². The average molecular weight is 606 g/mol. The normalized spacial score (nSPS) is 23.7. The van der Waals surface area contributed by atoms with E-state index in [4.69, 9.17) is 30.8 Å². The third-order valence-corrected chi connectivity index (χ3v) is 9.26. The van der Waals surface area contributed by atoms with E-state index < -0.39 is 17.9 Å². The van der Waals surface area contributed by atoms with Gasteiger partial charge >= 0.3 is 5.97 Å². The fourth-order valence-corrected chi connectivity index (χ4v) is 6.69. The number of carboxylic acid groups (broad SMARTS) is 1. The first-order valence-corrected chi connectivity index (χ1v) is 15.2. The fraction of sp³-hybridized carbons (Fsp3) is 0.394. The van der Waals surface area contributed by atoms with Crippen molar-refractivity contribution < 1.29 is 28.5 Å². The van der Waals surface area contributed by atoms with Gasteiger partial charge in [0.25, 0.3) is 0 Å². The maximum Gasteiger partial charge on any atom is 0.335 e. The molecule has 0 radical (unpaired) electrons. The molecule has 1 N–H and O–H groups in total. The predicted molar refractivity (Wildman–Crippen MR) is 160 cm³/mol. The van der Waals surface area contributed by atoms with Crippen LogP contribution in [0.4, 0.5) is 4.39 Å². The van der Waals surface area contributed by atoms with Gasteiger partial charge in [0.15, 0.2) is 17.6 Å². The molecular weight excluding hydrogens is 573 g/mol. The molecular formula is C33H33ClFN3O5. The van der Waals surface area contributed by atoms with E-state index in [2.05, 4.69) is 22.5 Å². The van der Waals surface area contributed by atoms with Gasteiger partial charge in [-0.1, -0.05) is 29.8 Å². The molecule has 0 aliphatic carbocycles. The zero-order valence-electron chi connectivity index (χ0n) is 23.8. The van der Waals surface area contributed by atoms with E-state index in [1.807, 2.05) is 12.1 Å². The molecule has 0 bridgehead atoms. The summed E-state index contributed by atoms with van der Waals surface area (Å²) in [7, 11) is 0. The first-order chi connectivity index (χ1) is 20.8. The number of para-hydroxylation sites is 1. The summed E-state index contributed by atoms with van der Waals surface area (Å²) in [4.78, 5) is 19.0. The number of hydrogen-bond acceptors (Lipinski definition) is 6. The topological polar surface area (TPSA) is 86.0 Å². The molecule has 7 rings (SSSR count). The first kappa shape index (κ1) is 28.1. The highest BCUT2D eigenvalue weighted by molar-refractivity contribution is 6.30. The molecule has 3 unspecified atom stereocenters. The minimum atomic E-state index is -0.950. The molecule has 43 heavy (non-hydrogen) atoms. The Morgan fingerprint density at radius 3 is 2.74 bits per heavy atom. The van der Waals surface area contributed by atoms with Gasteiger partial charge in [0.05, 0.1) is 35.8 Å². The van der Waals surface area contributed by atoms with Crippen molar-refractivity contribution in [3.05, 3.63) is 88.0 Å². The predicted octanol–water partition coefficient (Wildman–Crippen LogP) is 6.60. The van der Waals surface area contributed by atoms with Crippen molar-refractivity contribution in [3.8, 4) is 11.5 Å². The number of carboxylic acids is 1.